The van der Waals surface area contributed by atoms with E-state index in [0.29, 0.717) is 89.8 Å². The van der Waals surface area contributed by atoms with Gasteiger partial charge in [0.2, 0.25) is 23.8 Å². The van der Waals surface area contributed by atoms with Gasteiger partial charge in [-0.25, -0.2) is 10.5 Å². The molecule has 14 nitrogen and oxygen atoms in total. The van der Waals surface area contributed by atoms with Crippen molar-refractivity contribution in [2.75, 3.05) is 69.0 Å². The summed E-state index contributed by atoms with van der Waals surface area (Å²) in [6.07, 6.45) is 4.41. The highest BCUT2D eigenvalue weighted by Crippen LogP contribution is 2.18. The van der Waals surface area contributed by atoms with Gasteiger partial charge >= 0.3 is 0 Å². The van der Waals surface area contributed by atoms with Gasteiger partial charge in [0.25, 0.3) is 5.91 Å². The van der Waals surface area contributed by atoms with E-state index >= 15 is 0 Å². The molecule has 2 aliphatic rings. The van der Waals surface area contributed by atoms with Gasteiger partial charge in [0.1, 0.15) is 12.0 Å². The number of unbranched alkanes of at least 4 members (excludes halogenated alkanes) is 1. The Morgan fingerprint density at radius 2 is 1.50 bits per heavy atom. The number of hydrogen-bond acceptors (Lipinski definition) is 11. The van der Waals surface area contributed by atoms with Crippen molar-refractivity contribution < 1.29 is 24.3 Å². The van der Waals surface area contributed by atoms with Crippen LogP contribution in [-0.2, 0) is 14.3 Å². The first-order valence-corrected chi connectivity index (χ1v) is 11.3. The van der Waals surface area contributed by atoms with E-state index in [1.807, 2.05) is 0 Å². The number of nitrogens with zero attached hydrogens (tertiary/aromatic N) is 7. The maximum Gasteiger partial charge on any atom is 0.271 e. The fourth-order valence-electron chi connectivity index (χ4n) is 3.58. The predicted molar refractivity (Wildman–Crippen MR) is 119 cm³/mol. The highest BCUT2D eigenvalue weighted by molar-refractivity contribution is 5.92. The van der Waals surface area contributed by atoms with Gasteiger partial charge in [-0.1, -0.05) is 0 Å². The predicted octanol–water partition coefficient (Wildman–Crippen LogP) is -0.864. The number of carbonyl (C=O) groups excluding carboxylic acids is 2. The molecule has 0 bridgehead atoms. The molecular formula is C20H29N9O5. The molecule has 14 heteroatoms. The topological polar surface area (TPSA) is 160 Å². The third-order valence-corrected chi connectivity index (χ3v) is 5.47. The van der Waals surface area contributed by atoms with Crippen molar-refractivity contribution in [1.82, 2.24) is 35.3 Å². The minimum atomic E-state index is -0.449. The summed E-state index contributed by atoms with van der Waals surface area (Å²) in [4.78, 5) is 45.7. The molecule has 0 atom stereocenters. The Labute approximate surface area is 196 Å². The van der Waals surface area contributed by atoms with Crippen LogP contribution in [0.1, 0.15) is 29.8 Å². The molecule has 34 heavy (non-hydrogen) atoms. The van der Waals surface area contributed by atoms with Crippen molar-refractivity contribution in [1.29, 1.82) is 0 Å². The van der Waals surface area contributed by atoms with Crippen LogP contribution in [0, 0.1) is 0 Å². The summed E-state index contributed by atoms with van der Waals surface area (Å²) in [7, 11) is 0. The van der Waals surface area contributed by atoms with E-state index in [2.05, 4.69) is 35.1 Å². The summed E-state index contributed by atoms with van der Waals surface area (Å²) in [5.41, 5.74) is 1.82. The Kier molecular flexibility index (Phi) is 8.17. The molecule has 4 rings (SSSR count). The lowest BCUT2D eigenvalue weighted by molar-refractivity contribution is -0.129. The number of aromatic nitrogens is 5. The highest BCUT2D eigenvalue weighted by Gasteiger charge is 2.22. The average molecular weight is 476 g/mol. The minimum absolute atomic E-state index is 0.192. The van der Waals surface area contributed by atoms with E-state index < -0.39 is 5.91 Å². The van der Waals surface area contributed by atoms with Crippen molar-refractivity contribution in [2.45, 2.75) is 19.3 Å². The lowest BCUT2D eigenvalue weighted by atomic mass is 10.2. The standard InChI is InChI=1S/C20H29N9O5/c30-16(26-32)3-1-2-4-21-17(31)15-13-29(14-22-15)20-24-18(27-5-9-33-10-6-27)23-19(25-20)28-7-11-34-12-8-28/h13-14,32H,1-12H2,(H,21,31)(H,26,30). The first-order chi connectivity index (χ1) is 16.6. The fraction of sp³-hybridized carbons (Fsp3) is 0.600. The number of rotatable bonds is 9. The van der Waals surface area contributed by atoms with E-state index in [0.717, 1.165) is 0 Å². The molecule has 0 radical (unpaired) electrons. The number of anilines is 2. The summed E-state index contributed by atoms with van der Waals surface area (Å²) in [5, 5.41) is 11.3. The molecule has 0 aliphatic carbocycles. The van der Waals surface area contributed by atoms with E-state index in [1.54, 1.807) is 16.2 Å². The van der Waals surface area contributed by atoms with Crippen LogP contribution in [0.2, 0.25) is 0 Å². The van der Waals surface area contributed by atoms with Gasteiger partial charge in [-0.15, -0.1) is 0 Å². The number of ether oxygens (including phenoxy) is 2. The fourth-order valence-corrected chi connectivity index (χ4v) is 3.58. The molecule has 0 aromatic carbocycles. The molecule has 2 fully saturated rings. The quantitative estimate of drug-likeness (QED) is 0.235. The maximum absolute atomic E-state index is 12.5. The number of nitrogens with one attached hydrogen (secondary N) is 2. The van der Waals surface area contributed by atoms with Crippen molar-refractivity contribution in [2.24, 2.45) is 0 Å². The Balaban J connectivity index is 1.46. The molecule has 3 N–H and O–H groups in total. The van der Waals surface area contributed by atoms with E-state index in [9.17, 15) is 9.59 Å². The monoisotopic (exact) mass is 475 g/mol. The van der Waals surface area contributed by atoms with Gasteiger partial charge in [0.05, 0.1) is 26.4 Å². The van der Waals surface area contributed by atoms with Crippen molar-refractivity contribution in [3.63, 3.8) is 0 Å². The van der Waals surface area contributed by atoms with Crippen LogP contribution < -0.4 is 20.6 Å². The van der Waals surface area contributed by atoms with Crippen LogP contribution in [0.25, 0.3) is 5.95 Å². The highest BCUT2D eigenvalue weighted by atomic mass is 16.5. The molecule has 2 saturated heterocycles. The van der Waals surface area contributed by atoms with Crippen LogP contribution >= 0.6 is 0 Å². The zero-order chi connectivity index (χ0) is 23.8. The third-order valence-electron chi connectivity index (χ3n) is 5.47. The Hall–Kier alpha value is -3.36. The van der Waals surface area contributed by atoms with Gasteiger partial charge in [0.15, 0.2) is 0 Å². The van der Waals surface area contributed by atoms with Crippen molar-refractivity contribution in [3.05, 3.63) is 18.2 Å². The summed E-state index contributed by atoms with van der Waals surface area (Å²) in [6.45, 7) is 5.54. The lowest BCUT2D eigenvalue weighted by Crippen LogP contribution is -2.40. The van der Waals surface area contributed by atoms with E-state index in [-0.39, 0.29) is 18.0 Å². The molecular weight excluding hydrogens is 446 g/mol. The van der Waals surface area contributed by atoms with Crippen LogP contribution in [0.3, 0.4) is 0 Å². The van der Waals surface area contributed by atoms with Crippen molar-refractivity contribution in [3.8, 4) is 5.95 Å². The Morgan fingerprint density at radius 3 is 2.09 bits per heavy atom. The second kappa shape index (κ2) is 11.7. The zero-order valence-electron chi connectivity index (χ0n) is 18.9. The SMILES string of the molecule is O=C(CCCCNC(=O)c1cn(-c2nc(N3CCOCC3)nc(N3CCOCC3)n2)cn1)NO. The Morgan fingerprint density at radius 1 is 0.912 bits per heavy atom. The van der Waals surface area contributed by atoms with E-state index in [4.69, 9.17) is 14.7 Å². The molecule has 0 spiro atoms. The third kappa shape index (κ3) is 6.15. The van der Waals surface area contributed by atoms with Crippen LogP contribution in [0.4, 0.5) is 11.9 Å². The molecule has 0 saturated carbocycles. The van der Waals surface area contributed by atoms with Crippen LogP contribution in [0.15, 0.2) is 12.5 Å². The van der Waals surface area contributed by atoms with E-state index in [1.165, 1.54) is 6.33 Å². The summed E-state index contributed by atoms with van der Waals surface area (Å²) < 4.78 is 12.5. The van der Waals surface area contributed by atoms with Gasteiger partial charge < -0.3 is 24.6 Å². The van der Waals surface area contributed by atoms with Crippen LogP contribution in [0.5, 0.6) is 0 Å². The number of carbonyl (C=O) groups is 2. The smallest absolute Gasteiger partial charge is 0.271 e. The van der Waals surface area contributed by atoms with Gasteiger partial charge in [-0.2, -0.15) is 15.0 Å². The second-order valence-electron chi connectivity index (χ2n) is 7.85. The molecule has 2 amide bonds. The molecule has 2 aromatic rings. The number of morpholine rings is 2. The second-order valence-corrected chi connectivity index (χ2v) is 7.85. The zero-order valence-corrected chi connectivity index (χ0v) is 18.9. The molecule has 184 valence electrons. The molecule has 2 aromatic heterocycles. The van der Waals surface area contributed by atoms with Crippen molar-refractivity contribution >= 4 is 23.7 Å². The maximum atomic E-state index is 12.5. The first-order valence-electron chi connectivity index (χ1n) is 11.3. The van der Waals surface area contributed by atoms with Gasteiger partial charge in [-0.3, -0.25) is 19.4 Å². The first kappa shape index (κ1) is 23.8. The molecule has 4 heterocycles. The summed E-state index contributed by atoms with van der Waals surface area (Å²) in [5.74, 6) is 0.707. The number of hydroxylamine groups is 1. The normalized spacial score (nSPS) is 16.4. The number of amides is 2. The summed E-state index contributed by atoms with van der Waals surface area (Å²) >= 11 is 0. The van der Waals surface area contributed by atoms with Crippen LogP contribution in [-0.4, -0.2) is 101 Å². The number of hydrogen-bond donors (Lipinski definition) is 3. The molecule has 0 unspecified atom stereocenters. The van der Waals surface area contributed by atoms with Gasteiger partial charge in [0, 0.05) is 45.3 Å². The minimum Gasteiger partial charge on any atom is -0.378 e. The van der Waals surface area contributed by atoms with Gasteiger partial charge in [-0.05, 0) is 12.8 Å². The number of imidazole rings is 1. The largest absolute Gasteiger partial charge is 0.378 e. The Bertz CT molecular complexity index is 937. The average Bonchev–Trinajstić information content (AvgIpc) is 3.40. The summed E-state index contributed by atoms with van der Waals surface area (Å²) in [6, 6.07) is 0. The molecule has 2 aliphatic heterocycles. The lowest BCUT2D eigenvalue weighted by Gasteiger charge is -2.30.